The fourth-order valence-electron chi connectivity index (χ4n) is 5.69. The monoisotopic (exact) mass is 533 g/mol. The molecule has 1 aliphatic heterocycles. The molecule has 0 saturated carbocycles. The molecule has 6 nitrogen and oxygen atoms in total. The molecule has 200 valence electrons. The van der Waals surface area contributed by atoms with E-state index in [1.54, 1.807) is 4.90 Å². The SMILES string of the molecule is CCCOC(=O)N1CCN(C(=O)c2ccc3c(Cl)c4c(nc3c2)CC(c2ccc(C)c(C)c2)CC4)CC1C. The highest BCUT2D eigenvalue weighted by Crippen LogP contribution is 2.38. The summed E-state index contributed by atoms with van der Waals surface area (Å²) in [5.74, 6) is 0.360. The number of carbonyl (C=O) groups excluding carboxylic acids is 2. The molecule has 1 saturated heterocycles. The zero-order chi connectivity index (χ0) is 27.0. The number of amides is 2. The second-order valence-corrected chi connectivity index (χ2v) is 11.2. The van der Waals surface area contributed by atoms with Gasteiger partial charge >= 0.3 is 6.09 Å². The van der Waals surface area contributed by atoms with E-state index < -0.39 is 0 Å². The summed E-state index contributed by atoms with van der Waals surface area (Å²) in [5, 5.41) is 1.65. The first-order valence-electron chi connectivity index (χ1n) is 13.7. The number of rotatable bonds is 4. The van der Waals surface area contributed by atoms with Crippen molar-refractivity contribution in [3.05, 3.63) is 74.9 Å². The number of benzene rings is 2. The fraction of sp³-hybridized carbons (Fsp3) is 0.452. The summed E-state index contributed by atoms with van der Waals surface area (Å²) in [7, 11) is 0. The Morgan fingerprint density at radius 2 is 1.92 bits per heavy atom. The number of hydrogen-bond donors (Lipinski definition) is 0. The highest BCUT2D eigenvalue weighted by Gasteiger charge is 2.31. The lowest BCUT2D eigenvalue weighted by molar-refractivity contribution is 0.0412. The molecule has 0 spiro atoms. The zero-order valence-corrected chi connectivity index (χ0v) is 23.5. The van der Waals surface area contributed by atoms with Crippen molar-refractivity contribution < 1.29 is 14.3 Å². The molecule has 2 aliphatic rings. The number of fused-ring (bicyclic) bond motifs is 2. The molecule has 7 heteroatoms. The number of nitrogens with zero attached hydrogens (tertiary/aromatic N) is 3. The Morgan fingerprint density at radius 3 is 2.66 bits per heavy atom. The van der Waals surface area contributed by atoms with Crippen molar-refractivity contribution in [2.45, 2.75) is 65.3 Å². The number of piperazine rings is 1. The number of halogens is 1. The Labute approximate surface area is 229 Å². The van der Waals surface area contributed by atoms with Gasteiger partial charge in [-0.2, -0.15) is 0 Å². The molecule has 0 radical (unpaired) electrons. The molecule has 3 aromatic rings. The van der Waals surface area contributed by atoms with Crippen molar-refractivity contribution in [3.63, 3.8) is 0 Å². The molecule has 38 heavy (non-hydrogen) atoms. The smallest absolute Gasteiger partial charge is 0.410 e. The summed E-state index contributed by atoms with van der Waals surface area (Å²) in [6.07, 6.45) is 3.28. The van der Waals surface area contributed by atoms with E-state index in [1.807, 2.05) is 36.9 Å². The molecule has 0 N–H and O–H groups in total. The van der Waals surface area contributed by atoms with E-state index in [2.05, 4.69) is 32.0 Å². The molecular weight excluding hydrogens is 498 g/mol. The largest absolute Gasteiger partial charge is 0.449 e. The van der Waals surface area contributed by atoms with Crippen molar-refractivity contribution in [1.29, 1.82) is 0 Å². The van der Waals surface area contributed by atoms with Crippen LogP contribution in [0.25, 0.3) is 10.9 Å². The zero-order valence-electron chi connectivity index (χ0n) is 22.7. The molecule has 5 rings (SSSR count). The van der Waals surface area contributed by atoms with Gasteiger partial charge in [0.1, 0.15) is 0 Å². The maximum Gasteiger partial charge on any atom is 0.410 e. The van der Waals surface area contributed by atoms with Crippen LogP contribution in [-0.4, -0.2) is 59.1 Å². The van der Waals surface area contributed by atoms with Crippen LogP contribution >= 0.6 is 11.6 Å². The van der Waals surface area contributed by atoms with E-state index in [4.69, 9.17) is 21.3 Å². The molecular formula is C31H36ClN3O3. The molecule has 2 amide bonds. The maximum absolute atomic E-state index is 13.4. The van der Waals surface area contributed by atoms with Crippen LogP contribution in [0.1, 0.15) is 70.9 Å². The Hall–Kier alpha value is -3.12. The molecule has 1 aliphatic carbocycles. The van der Waals surface area contributed by atoms with Gasteiger partial charge in [-0.05, 0) is 86.8 Å². The minimum Gasteiger partial charge on any atom is -0.449 e. The summed E-state index contributed by atoms with van der Waals surface area (Å²) in [4.78, 5) is 34.3. The normalized spacial score (nSPS) is 19.4. The van der Waals surface area contributed by atoms with Gasteiger partial charge in [0.15, 0.2) is 0 Å². The van der Waals surface area contributed by atoms with Crippen LogP contribution in [0.15, 0.2) is 36.4 Å². The van der Waals surface area contributed by atoms with Crippen molar-refractivity contribution >= 4 is 34.5 Å². The molecule has 2 atom stereocenters. The second-order valence-electron chi connectivity index (χ2n) is 10.8. The number of carbonyl (C=O) groups is 2. The molecule has 2 aromatic carbocycles. The molecule has 2 unspecified atom stereocenters. The lowest BCUT2D eigenvalue weighted by atomic mass is 9.81. The van der Waals surface area contributed by atoms with Crippen LogP contribution in [0.4, 0.5) is 4.79 Å². The first kappa shape index (κ1) is 26.5. The highest BCUT2D eigenvalue weighted by molar-refractivity contribution is 6.36. The van der Waals surface area contributed by atoms with Crippen LogP contribution in [0.2, 0.25) is 5.02 Å². The van der Waals surface area contributed by atoms with Crippen LogP contribution in [0.5, 0.6) is 0 Å². The molecule has 1 aromatic heterocycles. The average Bonchev–Trinajstić information content (AvgIpc) is 2.92. The lowest BCUT2D eigenvalue weighted by Crippen LogP contribution is -2.55. The Balaban J connectivity index is 1.36. The van der Waals surface area contributed by atoms with Crippen molar-refractivity contribution in [1.82, 2.24) is 14.8 Å². The second kappa shape index (κ2) is 10.9. The molecule has 1 fully saturated rings. The Morgan fingerprint density at radius 1 is 1.11 bits per heavy atom. The van der Waals surface area contributed by atoms with E-state index in [0.717, 1.165) is 52.9 Å². The number of aromatic nitrogens is 1. The maximum atomic E-state index is 13.4. The minimum atomic E-state index is -0.306. The van der Waals surface area contributed by atoms with Gasteiger partial charge in [0, 0.05) is 42.3 Å². The van der Waals surface area contributed by atoms with Crippen LogP contribution in [0.3, 0.4) is 0 Å². The lowest BCUT2D eigenvalue weighted by Gasteiger charge is -2.39. The summed E-state index contributed by atoms with van der Waals surface area (Å²) in [6.45, 7) is 10.0. The van der Waals surface area contributed by atoms with E-state index in [9.17, 15) is 9.59 Å². The summed E-state index contributed by atoms with van der Waals surface area (Å²) in [5.41, 5.74) is 7.50. The van der Waals surface area contributed by atoms with Gasteiger partial charge in [0.05, 0.1) is 17.1 Å². The average molecular weight is 534 g/mol. The van der Waals surface area contributed by atoms with Crippen LogP contribution in [-0.2, 0) is 17.6 Å². The topological polar surface area (TPSA) is 62.7 Å². The Kier molecular flexibility index (Phi) is 7.62. The van der Waals surface area contributed by atoms with E-state index in [-0.39, 0.29) is 18.0 Å². The van der Waals surface area contributed by atoms with Crippen molar-refractivity contribution in [2.75, 3.05) is 26.2 Å². The van der Waals surface area contributed by atoms with Gasteiger partial charge in [-0.25, -0.2) is 4.79 Å². The third-order valence-electron chi connectivity index (χ3n) is 8.11. The fourth-order valence-corrected chi connectivity index (χ4v) is 6.06. The first-order chi connectivity index (χ1) is 18.3. The predicted molar refractivity (Wildman–Crippen MR) is 151 cm³/mol. The van der Waals surface area contributed by atoms with Gasteiger partial charge in [0.25, 0.3) is 5.91 Å². The van der Waals surface area contributed by atoms with E-state index in [1.165, 1.54) is 16.7 Å². The number of hydrogen-bond acceptors (Lipinski definition) is 4. The van der Waals surface area contributed by atoms with E-state index in [0.29, 0.717) is 37.7 Å². The standard InChI is InChI=1S/C31H36ClN3O3/c1-5-14-38-31(37)35-13-12-34(18-21(35)4)30(36)24-9-11-26-28(17-24)33-27-16-23(8-10-25(27)29(26)32)22-7-6-19(2)20(3)15-22/h6-7,9,11,15,17,21,23H,5,8,10,12-14,16,18H2,1-4H3. The van der Waals surface area contributed by atoms with Crippen LogP contribution < -0.4 is 0 Å². The quantitative estimate of drug-likeness (QED) is 0.385. The highest BCUT2D eigenvalue weighted by atomic mass is 35.5. The summed E-state index contributed by atoms with van der Waals surface area (Å²) >= 11 is 6.90. The van der Waals surface area contributed by atoms with Crippen molar-refractivity contribution in [2.24, 2.45) is 0 Å². The van der Waals surface area contributed by atoms with E-state index >= 15 is 0 Å². The Bertz CT molecular complexity index is 1390. The number of aryl methyl sites for hydroxylation is 2. The summed E-state index contributed by atoms with van der Waals surface area (Å²) in [6, 6.07) is 12.3. The minimum absolute atomic E-state index is 0.0519. The van der Waals surface area contributed by atoms with Crippen molar-refractivity contribution in [3.8, 4) is 0 Å². The summed E-state index contributed by atoms with van der Waals surface area (Å²) < 4.78 is 5.30. The van der Waals surface area contributed by atoms with Gasteiger partial charge in [-0.1, -0.05) is 42.8 Å². The first-order valence-corrected chi connectivity index (χ1v) is 14.1. The molecule has 0 bridgehead atoms. The third kappa shape index (κ3) is 5.11. The van der Waals surface area contributed by atoms with Gasteiger partial charge in [0.2, 0.25) is 0 Å². The van der Waals surface area contributed by atoms with Gasteiger partial charge in [-0.15, -0.1) is 0 Å². The number of ether oxygens (including phenoxy) is 1. The van der Waals surface area contributed by atoms with Crippen LogP contribution in [0, 0.1) is 13.8 Å². The van der Waals surface area contributed by atoms with Gasteiger partial charge < -0.3 is 14.5 Å². The third-order valence-corrected chi connectivity index (χ3v) is 8.55. The van der Waals surface area contributed by atoms with Gasteiger partial charge in [-0.3, -0.25) is 9.78 Å². The number of pyridine rings is 1. The molecule has 2 heterocycles. The predicted octanol–water partition coefficient (Wildman–Crippen LogP) is 6.47.